The predicted octanol–water partition coefficient (Wildman–Crippen LogP) is 4.05. The van der Waals surface area contributed by atoms with E-state index in [1.807, 2.05) is 60.7 Å². The molecule has 1 aliphatic heterocycles. The minimum absolute atomic E-state index is 0.00486. The van der Waals surface area contributed by atoms with Gasteiger partial charge in [-0.1, -0.05) is 72.3 Å². The number of benzene rings is 2. The molecule has 0 radical (unpaired) electrons. The molecule has 1 fully saturated rings. The first-order chi connectivity index (χ1) is 17.5. The lowest BCUT2D eigenvalue weighted by atomic mass is 10.1. The summed E-state index contributed by atoms with van der Waals surface area (Å²) in [5.41, 5.74) is 8.43. The summed E-state index contributed by atoms with van der Waals surface area (Å²) in [6, 6.07) is 19.1. The maximum absolute atomic E-state index is 16.3. The number of fused-ring (bicyclic) bond motifs is 1. The molecule has 1 aliphatic rings. The van der Waals surface area contributed by atoms with E-state index in [4.69, 9.17) is 31.5 Å². The maximum Gasteiger partial charge on any atom is 0.256 e. The summed E-state index contributed by atoms with van der Waals surface area (Å²) in [6.45, 7) is 0.551. The van der Waals surface area contributed by atoms with Crippen LogP contribution in [0.5, 0.6) is 0 Å². The van der Waals surface area contributed by atoms with E-state index >= 15 is 4.39 Å². The van der Waals surface area contributed by atoms with Crippen LogP contribution in [-0.2, 0) is 27.4 Å². The highest BCUT2D eigenvalue weighted by atomic mass is 35.5. The van der Waals surface area contributed by atoms with Gasteiger partial charge in [-0.3, -0.25) is 4.57 Å². The van der Waals surface area contributed by atoms with Gasteiger partial charge < -0.3 is 25.3 Å². The van der Waals surface area contributed by atoms with Crippen molar-refractivity contribution in [1.29, 1.82) is 0 Å². The molecule has 5 rings (SSSR count). The Morgan fingerprint density at radius 2 is 1.75 bits per heavy atom. The number of nitrogen functional groups attached to an aromatic ring is 1. The van der Waals surface area contributed by atoms with E-state index in [2.05, 4.69) is 20.3 Å². The molecule has 0 bridgehead atoms. The van der Waals surface area contributed by atoms with Gasteiger partial charge in [0.1, 0.15) is 12.2 Å². The lowest BCUT2D eigenvalue weighted by Crippen LogP contribution is -2.41. The summed E-state index contributed by atoms with van der Waals surface area (Å²) < 4.78 is 35.8. The number of hydrogen-bond acceptors (Lipinski definition) is 8. The van der Waals surface area contributed by atoms with E-state index < -0.39 is 23.6 Å². The quantitative estimate of drug-likeness (QED) is 0.323. The van der Waals surface area contributed by atoms with Crippen LogP contribution in [0.3, 0.4) is 0 Å². The molecule has 9 nitrogen and oxygen atoms in total. The lowest BCUT2D eigenvalue weighted by Gasteiger charge is -2.26. The van der Waals surface area contributed by atoms with Gasteiger partial charge in [0.25, 0.3) is 5.13 Å². The number of hydrogen-bond donors (Lipinski definition) is 2. The normalized spacial score (nSPS) is 23.8. The number of alkyl halides is 2. The van der Waals surface area contributed by atoms with E-state index in [1.165, 1.54) is 10.9 Å². The van der Waals surface area contributed by atoms with Crippen LogP contribution < -0.4 is 11.1 Å². The van der Waals surface area contributed by atoms with Crippen LogP contribution in [0.25, 0.3) is 11.2 Å². The SMILES string of the molecule is CNc1nc(N)nc2c1ncn2[C@@H]1O[C@H](COCc2ccccc2)[C@@H](OCc2ccccc2)[C@]1(F)Cl. The second-order valence-electron chi connectivity index (χ2n) is 8.42. The standard InChI is InChI=1S/C25H26ClFN6O3/c1-29-21-19-22(32-24(28)31-21)33(15-30-19)23-25(26,27)20(35-13-17-10-6-3-7-11-17)18(36-23)14-34-12-16-8-4-2-5-9-16/h2-11,15,18,20,23H,12-14H2,1H3,(H3,28,29,31,32)/t18-,20-,23-,25-/m1/s1. The molecular weight excluding hydrogens is 487 g/mol. The van der Waals surface area contributed by atoms with Gasteiger partial charge in [-0.15, -0.1) is 0 Å². The number of nitrogens with two attached hydrogens (primary N) is 1. The number of anilines is 2. The molecule has 3 heterocycles. The van der Waals surface area contributed by atoms with Crippen molar-refractivity contribution in [3.8, 4) is 0 Å². The van der Waals surface area contributed by atoms with E-state index in [1.54, 1.807) is 7.05 Å². The highest BCUT2D eigenvalue weighted by Gasteiger charge is 2.59. The van der Waals surface area contributed by atoms with Gasteiger partial charge in [0, 0.05) is 7.05 Å². The molecule has 188 valence electrons. The van der Waals surface area contributed by atoms with Crippen LogP contribution in [0.2, 0.25) is 0 Å². The Kier molecular flexibility index (Phi) is 7.01. The first kappa shape index (κ1) is 24.4. The van der Waals surface area contributed by atoms with Crippen LogP contribution in [0.1, 0.15) is 17.4 Å². The Morgan fingerprint density at radius 1 is 1.08 bits per heavy atom. The van der Waals surface area contributed by atoms with Crippen molar-refractivity contribution in [2.75, 3.05) is 24.7 Å². The van der Waals surface area contributed by atoms with Crippen molar-refractivity contribution in [3.63, 3.8) is 0 Å². The van der Waals surface area contributed by atoms with Crippen LogP contribution in [0.15, 0.2) is 67.0 Å². The Labute approximate surface area is 212 Å². The minimum Gasteiger partial charge on any atom is -0.374 e. The third-order valence-electron chi connectivity index (χ3n) is 5.94. The molecule has 0 amide bonds. The number of halogens is 2. The number of nitrogens with zero attached hydrogens (tertiary/aromatic N) is 4. The summed E-state index contributed by atoms with van der Waals surface area (Å²) in [5.74, 6) is 0.415. The van der Waals surface area contributed by atoms with Crippen LogP contribution >= 0.6 is 11.6 Å². The van der Waals surface area contributed by atoms with Gasteiger partial charge in [-0.2, -0.15) is 9.97 Å². The van der Waals surface area contributed by atoms with Crippen LogP contribution in [-0.4, -0.2) is 50.5 Å². The first-order valence-electron chi connectivity index (χ1n) is 11.5. The van der Waals surface area contributed by atoms with Crippen molar-refractivity contribution in [1.82, 2.24) is 19.5 Å². The zero-order valence-corrected chi connectivity index (χ0v) is 20.3. The van der Waals surface area contributed by atoms with Crippen molar-refractivity contribution in [2.24, 2.45) is 0 Å². The zero-order valence-electron chi connectivity index (χ0n) is 19.6. The van der Waals surface area contributed by atoms with Crippen LogP contribution in [0.4, 0.5) is 16.2 Å². The molecule has 11 heteroatoms. The van der Waals surface area contributed by atoms with Gasteiger partial charge >= 0.3 is 0 Å². The van der Waals surface area contributed by atoms with Crippen molar-refractivity contribution >= 4 is 34.5 Å². The van der Waals surface area contributed by atoms with E-state index in [0.29, 0.717) is 17.9 Å². The molecule has 2 aromatic heterocycles. The number of imidazole rings is 1. The summed E-state index contributed by atoms with van der Waals surface area (Å²) in [5, 5.41) is 0.460. The van der Waals surface area contributed by atoms with Crippen molar-refractivity contribution in [2.45, 2.75) is 36.8 Å². The Bertz CT molecular complexity index is 1310. The second-order valence-corrected chi connectivity index (χ2v) is 9.00. The number of nitrogens with one attached hydrogen (secondary N) is 1. The predicted molar refractivity (Wildman–Crippen MR) is 134 cm³/mol. The molecule has 0 aliphatic carbocycles. The third kappa shape index (κ3) is 4.85. The average molecular weight is 513 g/mol. The topological polar surface area (TPSA) is 109 Å². The summed E-state index contributed by atoms with van der Waals surface area (Å²) >= 11 is 6.55. The molecule has 0 saturated carbocycles. The van der Waals surface area contributed by atoms with E-state index in [0.717, 1.165) is 11.1 Å². The number of ether oxygens (including phenoxy) is 3. The Morgan fingerprint density at radius 3 is 2.42 bits per heavy atom. The monoisotopic (exact) mass is 512 g/mol. The summed E-state index contributed by atoms with van der Waals surface area (Å²) in [4.78, 5) is 12.7. The molecule has 2 aromatic carbocycles. The molecule has 3 N–H and O–H groups in total. The smallest absolute Gasteiger partial charge is 0.256 e. The minimum atomic E-state index is -2.46. The van der Waals surface area contributed by atoms with Crippen molar-refractivity contribution < 1.29 is 18.6 Å². The molecule has 0 unspecified atom stereocenters. The number of rotatable bonds is 9. The number of aromatic nitrogens is 4. The van der Waals surface area contributed by atoms with E-state index in [9.17, 15) is 0 Å². The molecule has 0 spiro atoms. The molecule has 1 saturated heterocycles. The lowest BCUT2D eigenvalue weighted by molar-refractivity contribution is -0.0821. The highest BCUT2D eigenvalue weighted by molar-refractivity contribution is 6.23. The van der Waals surface area contributed by atoms with Crippen LogP contribution in [0, 0.1) is 0 Å². The van der Waals surface area contributed by atoms with E-state index in [-0.39, 0.29) is 24.8 Å². The highest BCUT2D eigenvalue weighted by Crippen LogP contribution is 2.47. The average Bonchev–Trinajstić information content (AvgIpc) is 3.40. The van der Waals surface area contributed by atoms with Crippen molar-refractivity contribution in [3.05, 3.63) is 78.1 Å². The third-order valence-corrected chi connectivity index (χ3v) is 6.35. The Hall–Kier alpha value is -3.31. The summed E-state index contributed by atoms with van der Waals surface area (Å²) in [7, 11) is 1.68. The molecular formula is C25H26ClFN6O3. The van der Waals surface area contributed by atoms with Gasteiger partial charge in [0.15, 0.2) is 23.2 Å². The second kappa shape index (κ2) is 10.4. The Balaban J connectivity index is 1.42. The fourth-order valence-electron chi connectivity index (χ4n) is 4.22. The molecule has 4 atom stereocenters. The molecule has 36 heavy (non-hydrogen) atoms. The maximum atomic E-state index is 16.3. The van der Waals surface area contributed by atoms with Gasteiger partial charge in [0.2, 0.25) is 5.95 Å². The summed E-state index contributed by atoms with van der Waals surface area (Å²) in [6.07, 6.45) is -1.83. The van der Waals surface area contributed by atoms with Gasteiger partial charge in [-0.05, 0) is 11.1 Å². The van der Waals surface area contributed by atoms with Gasteiger partial charge in [0.05, 0.1) is 26.1 Å². The molecule has 4 aromatic rings. The zero-order chi connectivity index (χ0) is 25.1. The first-order valence-corrected chi connectivity index (χ1v) is 11.8. The van der Waals surface area contributed by atoms with Gasteiger partial charge in [-0.25, -0.2) is 9.37 Å². The fourth-order valence-corrected chi connectivity index (χ4v) is 4.58. The largest absolute Gasteiger partial charge is 0.374 e. The fraction of sp³-hybridized carbons (Fsp3) is 0.320.